The van der Waals surface area contributed by atoms with Crippen molar-refractivity contribution in [1.29, 1.82) is 0 Å². The summed E-state index contributed by atoms with van der Waals surface area (Å²) in [5.41, 5.74) is 0. The van der Waals surface area contributed by atoms with Crippen LogP contribution in [0, 0.1) is 0 Å². The van der Waals surface area contributed by atoms with Crippen LogP contribution in [0.4, 0.5) is 0 Å². The highest BCUT2D eigenvalue weighted by molar-refractivity contribution is 8.00. The highest BCUT2D eigenvalue weighted by atomic mass is 32.2. The van der Waals surface area contributed by atoms with E-state index in [4.69, 9.17) is 0 Å². The molecule has 4 nitrogen and oxygen atoms in total. The molecule has 1 saturated heterocycles. The number of methoxy groups -OCH3 is 1. The normalized spacial score (nSPS) is 20.0. The molecule has 1 fully saturated rings. The summed E-state index contributed by atoms with van der Waals surface area (Å²) in [4.78, 5) is 24.6. The lowest BCUT2D eigenvalue weighted by molar-refractivity contribution is -0.146. The van der Waals surface area contributed by atoms with Gasteiger partial charge in [-0.2, -0.15) is 0 Å². The summed E-state index contributed by atoms with van der Waals surface area (Å²) < 4.78 is 4.56. The average molecular weight is 231 g/mol. The van der Waals surface area contributed by atoms with Crippen molar-refractivity contribution in [2.75, 3.05) is 26.0 Å². The largest absolute Gasteiger partial charge is 0.468 e. The lowest BCUT2D eigenvalue weighted by atomic mass is 10.2. The second-order valence-corrected chi connectivity index (χ2v) is 4.74. The van der Waals surface area contributed by atoms with Crippen LogP contribution < -0.4 is 0 Å². The third kappa shape index (κ3) is 3.41. The van der Waals surface area contributed by atoms with E-state index in [1.165, 1.54) is 7.11 Å². The van der Waals surface area contributed by atoms with E-state index in [0.29, 0.717) is 6.54 Å². The van der Waals surface area contributed by atoms with Crippen molar-refractivity contribution in [2.24, 2.45) is 0 Å². The number of esters is 1. The lowest BCUT2D eigenvalue weighted by Gasteiger charge is -2.22. The van der Waals surface area contributed by atoms with Gasteiger partial charge in [0.2, 0.25) is 5.91 Å². The van der Waals surface area contributed by atoms with Crippen molar-refractivity contribution in [2.45, 2.75) is 25.0 Å². The van der Waals surface area contributed by atoms with Crippen molar-refractivity contribution in [3.63, 3.8) is 0 Å². The molecule has 0 saturated carbocycles. The zero-order chi connectivity index (χ0) is 11.3. The molecule has 0 bridgehead atoms. The fourth-order valence-electron chi connectivity index (χ4n) is 1.54. The van der Waals surface area contributed by atoms with Gasteiger partial charge in [0, 0.05) is 6.54 Å². The fraction of sp³-hybridized carbons (Fsp3) is 0.800. The smallest absolute Gasteiger partial charge is 0.325 e. The molecule has 1 rings (SSSR count). The molecule has 5 heteroatoms. The maximum atomic E-state index is 11.9. The number of carbonyl (C=O) groups is 2. The van der Waals surface area contributed by atoms with Gasteiger partial charge < -0.3 is 9.64 Å². The van der Waals surface area contributed by atoms with Crippen LogP contribution in [0.15, 0.2) is 0 Å². The molecule has 1 amide bonds. The molecule has 1 heterocycles. The Morgan fingerprint density at radius 3 is 2.73 bits per heavy atom. The molecule has 0 aromatic carbocycles. The Morgan fingerprint density at radius 1 is 1.53 bits per heavy atom. The van der Waals surface area contributed by atoms with Crippen LogP contribution in [-0.4, -0.2) is 48.0 Å². The molecule has 0 radical (unpaired) electrons. The summed E-state index contributed by atoms with van der Waals surface area (Å²) >= 11 is 1.69. The van der Waals surface area contributed by atoms with E-state index in [9.17, 15) is 9.59 Å². The maximum absolute atomic E-state index is 11.9. The second-order valence-electron chi connectivity index (χ2n) is 3.43. The Bertz CT molecular complexity index is 239. The number of carbonyl (C=O) groups excluding carboxylic acids is 2. The zero-order valence-electron chi connectivity index (χ0n) is 9.19. The number of hydrogen-bond donors (Lipinski definition) is 0. The number of ether oxygens (including phenoxy) is 1. The summed E-state index contributed by atoms with van der Waals surface area (Å²) in [6.45, 7) is 2.51. The van der Waals surface area contributed by atoms with Gasteiger partial charge in [-0.3, -0.25) is 9.59 Å². The molecule has 0 N–H and O–H groups in total. The van der Waals surface area contributed by atoms with Crippen molar-refractivity contribution in [3.05, 3.63) is 0 Å². The molecule has 0 spiro atoms. The Labute approximate surface area is 94.3 Å². The first kappa shape index (κ1) is 12.4. The van der Waals surface area contributed by atoms with Crippen LogP contribution in [0.1, 0.15) is 19.8 Å². The Morgan fingerprint density at radius 2 is 2.27 bits per heavy atom. The van der Waals surface area contributed by atoms with Gasteiger partial charge in [0.05, 0.1) is 12.4 Å². The number of rotatable bonds is 4. The second kappa shape index (κ2) is 6.00. The van der Waals surface area contributed by atoms with Crippen molar-refractivity contribution in [1.82, 2.24) is 4.90 Å². The van der Waals surface area contributed by atoms with E-state index in [2.05, 4.69) is 4.74 Å². The number of amides is 1. The minimum Gasteiger partial charge on any atom is -0.468 e. The van der Waals surface area contributed by atoms with E-state index >= 15 is 0 Å². The Hall–Kier alpha value is -0.710. The summed E-state index contributed by atoms with van der Waals surface area (Å²) in [5, 5.41) is 0.0506. The molecule has 86 valence electrons. The van der Waals surface area contributed by atoms with Gasteiger partial charge in [0.25, 0.3) is 0 Å². The summed E-state index contributed by atoms with van der Waals surface area (Å²) in [7, 11) is 1.34. The SMILES string of the molecule is CCN(CC(=O)OC)C(=O)C1CCCS1. The first-order chi connectivity index (χ1) is 7.19. The van der Waals surface area contributed by atoms with Gasteiger partial charge in [-0.1, -0.05) is 0 Å². The van der Waals surface area contributed by atoms with Crippen molar-refractivity contribution < 1.29 is 14.3 Å². The van der Waals surface area contributed by atoms with Crippen LogP contribution in [0.3, 0.4) is 0 Å². The van der Waals surface area contributed by atoms with E-state index in [0.717, 1.165) is 18.6 Å². The quantitative estimate of drug-likeness (QED) is 0.675. The molecular formula is C10H17NO3S. The minimum atomic E-state index is -0.354. The van der Waals surface area contributed by atoms with Crippen molar-refractivity contribution >= 4 is 23.6 Å². The molecule has 0 aromatic heterocycles. The highest BCUT2D eigenvalue weighted by Gasteiger charge is 2.28. The molecular weight excluding hydrogens is 214 g/mol. The van der Waals surface area contributed by atoms with Gasteiger partial charge >= 0.3 is 5.97 Å². The highest BCUT2D eigenvalue weighted by Crippen LogP contribution is 2.27. The topological polar surface area (TPSA) is 46.6 Å². The fourth-order valence-corrected chi connectivity index (χ4v) is 2.78. The van der Waals surface area contributed by atoms with Gasteiger partial charge in [-0.15, -0.1) is 11.8 Å². The monoisotopic (exact) mass is 231 g/mol. The molecule has 0 aliphatic carbocycles. The summed E-state index contributed by atoms with van der Waals surface area (Å²) in [6.07, 6.45) is 2.03. The summed E-state index contributed by atoms with van der Waals surface area (Å²) in [6, 6.07) is 0. The summed E-state index contributed by atoms with van der Waals surface area (Å²) in [5.74, 6) is 0.769. The number of hydrogen-bond acceptors (Lipinski definition) is 4. The molecule has 15 heavy (non-hydrogen) atoms. The number of likely N-dealkylation sites (N-methyl/N-ethyl adjacent to an activating group) is 1. The molecule has 1 unspecified atom stereocenters. The van der Waals surface area contributed by atoms with Crippen molar-refractivity contribution in [3.8, 4) is 0 Å². The van der Waals surface area contributed by atoms with Crippen LogP contribution in [0.5, 0.6) is 0 Å². The van der Waals surface area contributed by atoms with Crippen LogP contribution in [0.25, 0.3) is 0 Å². The molecule has 1 atom stereocenters. The van der Waals surface area contributed by atoms with E-state index < -0.39 is 0 Å². The number of thioether (sulfide) groups is 1. The predicted molar refractivity (Wildman–Crippen MR) is 59.8 cm³/mol. The standard InChI is InChI=1S/C10H17NO3S/c1-3-11(7-9(12)14-2)10(13)8-5-4-6-15-8/h8H,3-7H2,1-2H3. The maximum Gasteiger partial charge on any atom is 0.325 e. The van der Waals surface area contributed by atoms with Gasteiger partial charge in [-0.05, 0) is 25.5 Å². The van der Waals surface area contributed by atoms with Crippen LogP contribution >= 0.6 is 11.8 Å². The number of nitrogens with zero attached hydrogens (tertiary/aromatic N) is 1. The lowest BCUT2D eigenvalue weighted by Crippen LogP contribution is -2.40. The Kier molecular flexibility index (Phi) is 4.94. The first-order valence-electron chi connectivity index (χ1n) is 5.16. The van der Waals surface area contributed by atoms with Gasteiger partial charge in [0.15, 0.2) is 0 Å². The molecule has 1 aliphatic rings. The molecule has 1 aliphatic heterocycles. The first-order valence-corrected chi connectivity index (χ1v) is 6.21. The third-order valence-corrected chi connectivity index (χ3v) is 3.81. The minimum absolute atomic E-state index is 0.0506. The van der Waals surface area contributed by atoms with Crippen LogP contribution in [0.2, 0.25) is 0 Å². The zero-order valence-corrected chi connectivity index (χ0v) is 10.0. The average Bonchev–Trinajstić information content (AvgIpc) is 2.77. The predicted octanol–water partition coefficient (Wildman–Crippen LogP) is 0.903. The van der Waals surface area contributed by atoms with Gasteiger partial charge in [0.1, 0.15) is 6.54 Å². The Balaban J connectivity index is 2.49. The third-order valence-electron chi connectivity index (χ3n) is 2.45. The van der Waals surface area contributed by atoms with E-state index in [1.54, 1.807) is 16.7 Å². The van der Waals surface area contributed by atoms with Gasteiger partial charge in [-0.25, -0.2) is 0 Å². The van der Waals surface area contributed by atoms with E-state index in [1.807, 2.05) is 6.92 Å². The van der Waals surface area contributed by atoms with E-state index in [-0.39, 0.29) is 23.7 Å². The van der Waals surface area contributed by atoms with Crippen LogP contribution in [-0.2, 0) is 14.3 Å². The molecule has 0 aromatic rings.